The summed E-state index contributed by atoms with van der Waals surface area (Å²) in [5.41, 5.74) is 0.705. The lowest BCUT2D eigenvalue weighted by Crippen LogP contribution is -2.33. The molecule has 82 valence electrons. The molecule has 0 bridgehead atoms. The molecule has 1 amide bonds. The zero-order chi connectivity index (χ0) is 10.8. The lowest BCUT2D eigenvalue weighted by molar-refractivity contribution is 0.0745. The molecule has 1 aliphatic rings. The molecule has 0 saturated carbocycles. The van der Waals surface area contributed by atoms with E-state index < -0.39 is 0 Å². The predicted molar refractivity (Wildman–Crippen MR) is 60.6 cm³/mol. The summed E-state index contributed by atoms with van der Waals surface area (Å²) in [6.07, 6.45) is 2.22. The SMILES string of the molecule is COc1cscc1C(=O)N1CCCC1C. The van der Waals surface area contributed by atoms with Crippen molar-refractivity contribution in [2.75, 3.05) is 13.7 Å². The van der Waals surface area contributed by atoms with Crippen LogP contribution in [0.4, 0.5) is 0 Å². The second-order valence-electron chi connectivity index (χ2n) is 3.84. The first kappa shape index (κ1) is 10.5. The fourth-order valence-electron chi connectivity index (χ4n) is 1.99. The topological polar surface area (TPSA) is 29.5 Å². The number of hydrogen-bond acceptors (Lipinski definition) is 3. The van der Waals surface area contributed by atoms with Crippen LogP contribution in [0.15, 0.2) is 10.8 Å². The van der Waals surface area contributed by atoms with E-state index >= 15 is 0 Å². The van der Waals surface area contributed by atoms with Crippen LogP contribution in [0.2, 0.25) is 0 Å². The van der Waals surface area contributed by atoms with Crippen molar-refractivity contribution in [3.63, 3.8) is 0 Å². The van der Waals surface area contributed by atoms with Gasteiger partial charge < -0.3 is 9.64 Å². The van der Waals surface area contributed by atoms with Gasteiger partial charge in [0.05, 0.1) is 12.7 Å². The molecule has 1 aliphatic heterocycles. The normalized spacial score (nSPS) is 20.7. The van der Waals surface area contributed by atoms with Crippen LogP contribution in [0.3, 0.4) is 0 Å². The first-order valence-electron chi connectivity index (χ1n) is 5.15. The fourth-order valence-corrected chi connectivity index (χ4v) is 2.76. The number of carbonyl (C=O) groups excluding carboxylic acids is 1. The highest BCUT2D eigenvalue weighted by atomic mass is 32.1. The van der Waals surface area contributed by atoms with Crippen LogP contribution < -0.4 is 4.74 Å². The third-order valence-electron chi connectivity index (χ3n) is 2.89. The molecule has 0 aromatic carbocycles. The number of thiophene rings is 1. The molecule has 15 heavy (non-hydrogen) atoms. The van der Waals surface area contributed by atoms with Gasteiger partial charge >= 0.3 is 0 Å². The minimum Gasteiger partial charge on any atom is -0.495 e. The van der Waals surface area contributed by atoms with E-state index in [2.05, 4.69) is 6.92 Å². The van der Waals surface area contributed by atoms with Crippen LogP contribution in [-0.2, 0) is 0 Å². The van der Waals surface area contributed by atoms with Crippen molar-refractivity contribution in [3.8, 4) is 5.75 Å². The summed E-state index contributed by atoms with van der Waals surface area (Å²) >= 11 is 1.51. The van der Waals surface area contributed by atoms with Crippen molar-refractivity contribution >= 4 is 17.2 Å². The Hall–Kier alpha value is -1.03. The van der Waals surface area contributed by atoms with E-state index in [0.29, 0.717) is 17.4 Å². The van der Waals surface area contributed by atoms with Crippen LogP contribution in [-0.4, -0.2) is 30.5 Å². The number of carbonyl (C=O) groups is 1. The molecule has 0 N–H and O–H groups in total. The Kier molecular flexibility index (Phi) is 2.95. The van der Waals surface area contributed by atoms with Gasteiger partial charge in [-0.3, -0.25) is 4.79 Å². The van der Waals surface area contributed by atoms with Crippen LogP contribution in [0.25, 0.3) is 0 Å². The smallest absolute Gasteiger partial charge is 0.258 e. The number of amides is 1. The minimum absolute atomic E-state index is 0.109. The number of likely N-dealkylation sites (tertiary alicyclic amines) is 1. The van der Waals surface area contributed by atoms with Crippen molar-refractivity contribution in [2.45, 2.75) is 25.8 Å². The van der Waals surface area contributed by atoms with Gasteiger partial charge in [-0.15, -0.1) is 11.3 Å². The van der Waals surface area contributed by atoms with Crippen LogP contribution >= 0.6 is 11.3 Å². The largest absolute Gasteiger partial charge is 0.495 e. The van der Waals surface area contributed by atoms with E-state index in [1.807, 2.05) is 15.7 Å². The Bertz CT molecular complexity index is 361. The molecule has 1 saturated heterocycles. The van der Waals surface area contributed by atoms with Crippen molar-refractivity contribution < 1.29 is 9.53 Å². The lowest BCUT2D eigenvalue weighted by Gasteiger charge is -2.21. The molecular weight excluding hydrogens is 210 g/mol. The average Bonchev–Trinajstić information content (AvgIpc) is 2.84. The van der Waals surface area contributed by atoms with Crippen LogP contribution in [0, 0.1) is 0 Å². The summed E-state index contributed by atoms with van der Waals surface area (Å²) in [5.74, 6) is 0.808. The predicted octanol–water partition coefficient (Wildman–Crippen LogP) is 2.38. The van der Waals surface area contributed by atoms with Crippen LogP contribution in [0.5, 0.6) is 5.75 Å². The van der Waals surface area contributed by atoms with Gasteiger partial charge in [-0.1, -0.05) is 0 Å². The molecule has 0 spiro atoms. The molecule has 2 heterocycles. The first-order chi connectivity index (χ1) is 7.24. The molecule has 1 fully saturated rings. The molecule has 0 aliphatic carbocycles. The van der Waals surface area contributed by atoms with Gasteiger partial charge in [0, 0.05) is 23.3 Å². The summed E-state index contributed by atoms with van der Waals surface area (Å²) < 4.78 is 5.16. The number of methoxy groups -OCH3 is 1. The zero-order valence-electron chi connectivity index (χ0n) is 9.03. The van der Waals surface area contributed by atoms with Crippen molar-refractivity contribution in [2.24, 2.45) is 0 Å². The Morgan fingerprint density at radius 2 is 2.40 bits per heavy atom. The summed E-state index contributed by atoms with van der Waals surface area (Å²) in [6.45, 7) is 2.97. The number of rotatable bonds is 2. The highest BCUT2D eigenvalue weighted by Gasteiger charge is 2.28. The number of ether oxygens (including phenoxy) is 1. The van der Waals surface area contributed by atoms with E-state index in [0.717, 1.165) is 19.4 Å². The third kappa shape index (κ3) is 1.86. The molecule has 0 radical (unpaired) electrons. The molecule has 2 rings (SSSR count). The molecule has 1 atom stereocenters. The fraction of sp³-hybridized carbons (Fsp3) is 0.545. The Morgan fingerprint density at radius 1 is 1.60 bits per heavy atom. The quantitative estimate of drug-likeness (QED) is 0.773. The van der Waals surface area contributed by atoms with E-state index in [-0.39, 0.29) is 5.91 Å². The van der Waals surface area contributed by atoms with E-state index in [4.69, 9.17) is 4.74 Å². The monoisotopic (exact) mass is 225 g/mol. The second kappa shape index (κ2) is 4.23. The van der Waals surface area contributed by atoms with Crippen LogP contribution in [0.1, 0.15) is 30.1 Å². The average molecular weight is 225 g/mol. The van der Waals surface area contributed by atoms with Gasteiger partial charge in [0.25, 0.3) is 5.91 Å². The van der Waals surface area contributed by atoms with Gasteiger partial charge in [0.1, 0.15) is 5.75 Å². The second-order valence-corrected chi connectivity index (χ2v) is 4.59. The van der Waals surface area contributed by atoms with Gasteiger partial charge in [0.2, 0.25) is 0 Å². The van der Waals surface area contributed by atoms with E-state index in [1.165, 1.54) is 11.3 Å². The Balaban J connectivity index is 2.20. The van der Waals surface area contributed by atoms with E-state index in [1.54, 1.807) is 7.11 Å². The third-order valence-corrected chi connectivity index (χ3v) is 3.61. The molecule has 1 unspecified atom stereocenters. The summed E-state index contributed by atoms with van der Waals surface area (Å²) in [7, 11) is 1.60. The van der Waals surface area contributed by atoms with Gasteiger partial charge in [-0.25, -0.2) is 0 Å². The highest BCUT2D eigenvalue weighted by Crippen LogP contribution is 2.27. The first-order valence-corrected chi connectivity index (χ1v) is 6.09. The minimum atomic E-state index is 0.109. The van der Waals surface area contributed by atoms with Gasteiger partial charge in [-0.2, -0.15) is 0 Å². The standard InChI is InChI=1S/C11H15NO2S/c1-8-4-3-5-12(8)11(13)9-6-15-7-10(9)14-2/h6-8H,3-5H2,1-2H3. The molecule has 1 aromatic heterocycles. The maximum Gasteiger partial charge on any atom is 0.258 e. The summed E-state index contributed by atoms with van der Waals surface area (Å²) in [4.78, 5) is 14.1. The molecular formula is C11H15NO2S. The Morgan fingerprint density at radius 3 is 3.00 bits per heavy atom. The van der Waals surface area contributed by atoms with Gasteiger partial charge in [0.15, 0.2) is 0 Å². The van der Waals surface area contributed by atoms with Gasteiger partial charge in [-0.05, 0) is 19.8 Å². The maximum atomic E-state index is 12.2. The highest BCUT2D eigenvalue weighted by molar-refractivity contribution is 7.08. The summed E-state index contributed by atoms with van der Waals surface area (Å²) in [6, 6.07) is 0.363. The van der Waals surface area contributed by atoms with Crippen molar-refractivity contribution in [1.82, 2.24) is 4.90 Å². The zero-order valence-corrected chi connectivity index (χ0v) is 9.84. The Labute approximate surface area is 93.7 Å². The maximum absolute atomic E-state index is 12.2. The lowest BCUT2D eigenvalue weighted by atomic mass is 10.2. The van der Waals surface area contributed by atoms with Crippen molar-refractivity contribution in [3.05, 3.63) is 16.3 Å². The molecule has 4 heteroatoms. The molecule has 3 nitrogen and oxygen atoms in total. The van der Waals surface area contributed by atoms with Crippen molar-refractivity contribution in [1.29, 1.82) is 0 Å². The summed E-state index contributed by atoms with van der Waals surface area (Å²) in [5, 5.41) is 3.74. The molecule has 1 aromatic rings. The number of hydrogen-bond donors (Lipinski definition) is 0. The van der Waals surface area contributed by atoms with E-state index in [9.17, 15) is 4.79 Å². The number of nitrogens with zero attached hydrogens (tertiary/aromatic N) is 1.